The fraction of sp³-hybridized carbons (Fsp3) is 0.650. The van der Waals surface area contributed by atoms with Crippen molar-refractivity contribution >= 4 is 5.91 Å². The van der Waals surface area contributed by atoms with Gasteiger partial charge in [0.1, 0.15) is 0 Å². The first-order valence-corrected chi connectivity index (χ1v) is 8.77. The molecule has 126 valence electrons. The molecule has 3 heteroatoms. The zero-order chi connectivity index (χ0) is 17.0. The van der Waals surface area contributed by atoms with Crippen LogP contribution in [0.2, 0.25) is 0 Å². The van der Waals surface area contributed by atoms with Gasteiger partial charge in [-0.1, -0.05) is 19.9 Å². The normalized spacial score (nSPS) is 33.2. The van der Waals surface area contributed by atoms with E-state index < -0.39 is 5.60 Å². The molecule has 3 nitrogen and oxygen atoms in total. The minimum atomic E-state index is -0.603. The molecule has 0 saturated heterocycles. The van der Waals surface area contributed by atoms with Crippen LogP contribution in [0.4, 0.5) is 0 Å². The maximum Gasteiger partial charge on any atom is 0.248 e. The summed E-state index contributed by atoms with van der Waals surface area (Å²) in [5.41, 5.74) is 8.29. The lowest BCUT2D eigenvalue weighted by Crippen LogP contribution is -2.49. The van der Waals surface area contributed by atoms with E-state index in [4.69, 9.17) is 5.73 Å². The van der Waals surface area contributed by atoms with Crippen LogP contribution in [0.1, 0.15) is 68.4 Å². The number of amides is 1. The first kappa shape index (κ1) is 16.5. The molecule has 1 unspecified atom stereocenters. The molecule has 2 bridgehead atoms. The summed E-state index contributed by atoms with van der Waals surface area (Å²) in [4.78, 5) is 11.5. The number of aliphatic hydroxyl groups is 1. The SMILES string of the molecule is C[C@H]1[C@H]2Cc3ccc(C(N)=O)cc3[C@]1(C)CCC2CC(C)(C)O. The molecule has 1 aromatic carbocycles. The van der Waals surface area contributed by atoms with Gasteiger partial charge in [0.15, 0.2) is 0 Å². The Morgan fingerprint density at radius 2 is 2.13 bits per heavy atom. The molecule has 1 amide bonds. The maximum absolute atomic E-state index is 11.5. The lowest BCUT2D eigenvalue weighted by atomic mass is 9.51. The van der Waals surface area contributed by atoms with Crippen molar-refractivity contribution in [1.29, 1.82) is 0 Å². The highest BCUT2D eigenvalue weighted by Crippen LogP contribution is 2.55. The minimum Gasteiger partial charge on any atom is -0.390 e. The maximum atomic E-state index is 11.5. The highest BCUT2D eigenvalue weighted by Gasteiger charge is 2.49. The van der Waals surface area contributed by atoms with E-state index in [0.29, 0.717) is 23.3 Å². The molecule has 2 aliphatic carbocycles. The Kier molecular flexibility index (Phi) is 3.83. The fourth-order valence-corrected chi connectivity index (χ4v) is 5.12. The van der Waals surface area contributed by atoms with Crippen molar-refractivity contribution in [2.45, 2.75) is 64.4 Å². The first-order chi connectivity index (χ1) is 10.6. The number of fused-ring (bicyclic) bond motifs is 4. The molecular weight excluding hydrogens is 286 g/mol. The van der Waals surface area contributed by atoms with Crippen LogP contribution >= 0.6 is 0 Å². The third-order valence-electron chi connectivity index (χ3n) is 6.51. The number of carbonyl (C=O) groups excluding carboxylic acids is 1. The molecular formula is C20H29NO2. The largest absolute Gasteiger partial charge is 0.390 e. The molecule has 3 rings (SSSR count). The molecule has 0 radical (unpaired) electrons. The van der Waals surface area contributed by atoms with Crippen molar-refractivity contribution in [2.75, 3.05) is 0 Å². The van der Waals surface area contributed by atoms with Gasteiger partial charge in [-0.15, -0.1) is 0 Å². The van der Waals surface area contributed by atoms with Gasteiger partial charge in [-0.05, 0) is 86.0 Å². The Balaban J connectivity index is 1.99. The predicted molar refractivity (Wildman–Crippen MR) is 92.3 cm³/mol. The second-order valence-corrected chi connectivity index (χ2v) is 8.63. The Hall–Kier alpha value is -1.35. The molecule has 2 aliphatic rings. The Labute approximate surface area is 139 Å². The minimum absolute atomic E-state index is 0.111. The van der Waals surface area contributed by atoms with Crippen LogP contribution < -0.4 is 5.73 Å². The summed E-state index contributed by atoms with van der Waals surface area (Å²) in [6, 6.07) is 5.99. The van der Waals surface area contributed by atoms with Gasteiger partial charge in [0.25, 0.3) is 0 Å². The first-order valence-electron chi connectivity index (χ1n) is 8.77. The molecule has 3 N–H and O–H groups in total. The second-order valence-electron chi connectivity index (χ2n) is 8.63. The van der Waals surface area contributed by atoms with Crippen molar-refractivity contribution < 1.29 is 9.90 Å². The highest BCUT2D eigenvalue weighted by atomic mass is 16.3. The number of benzene rings is 1. The smallest absolute Gasteiger partial charge is 0.248 e. The zero-order valence-corrected chi connectivity index (χ0v) is 14.7. The van der Waals surface area contributed by atoms with Gasteiger partial charge in [-0.2, -0.15) is 0 Å². The van der Waals surface area contributed by atoms with Crippen molar-refractivity contribution in [1.82, 2.24) is 0 Å². The van der Waals surface area contributed by atoms with Gasteiger partial charge in [0, 0.05) is 5.56 Å². The topological polar surface area (TPSA) is 63.3 Å². The van der Waals surface area contributed by atoms with E-state index in [-0.39, 0.29) is 11.3 Å². The number of nitrogens with two attached hydrogens (primary N) is 1. The average Bonchev–Trinajstić information content (AvgIpc) is 2.44. The lowest BCUT2D eigenvalue weighted by molar-refractivity contribution is -0.00401. The molecule has 0 spiro atoms. The standard InChI is InChI=1S/C20H29NO2/c1-12-16-9-13-5-6-14(18(21)22)10-17(13)20(12,4)8-7-15(16)11-19(2,3)23/h5-6,10,12,15-16,23H,7-9,11H2,1-4H3,(H2,21,22)/t12-,15?,16+,20+/m0/s1. The molecule has 0 heterocycles. The monoisotopic (exact) mass is 315 g/mol. The second kappa shape index (κ2) is 5.34. The van der Waals surface area contributed by atoms with Crippen LogP contribution in [0, 0.1) is 17.8 Å². The molecule has 1 fully saturated rings. The summed E-state index contributed by atoms with van der Waals surface area (Å²) >= 11 is 0. The van der Waals surface area contributed by atoms with Crippen molar-refractivity contribution in [3.8, 4) is 0 Å². The van der Waals surface area contributed by atoms with E-state index in [9.17, 15) is 9.90 Å². The van der Waals surface area contributed by atoms with E-state index in [1.54, 1.807) is 0 Å². The van der Waals surface area contributed by atoms with Gasteiger partial charge >= 0.3 is 0 Å². The number of hydrogen-bond acceptors (Lipinski definition) is 2. The van der Waals surface area contributed by atoms with Crippen LogP contribution in [0.25, 0.3) is 0 Å². The lowest BCUT2D eigenvalue weighted by Gasteiger charge is -2.54. The van der Waals surface area contributed by atoms with Crippen molar-refractivity contribution in [3.63, 3.8) is 0 Å². The molecule has 0 aliphatic heterocycles. The highest BCUT2D eigenvalue weighted by molar-refractivity contribution is 5.93. The van der Waals surface area contributed by atoms with Crippen LogP contribution in [0.15, 0.2) is 18.2 Å². The van der Waals surface area contributed by atoms with Crippen LogP contribution in [-0.2, 0) is 11.8 Å². The van der Waals surface area contributed by atoms with E-state index >= 15 is 0 Å². The van der Waals surface area contributed by atoms with Crippen LogP contribution in [-0.4, -0.2) is 16.6 Å². The van der Waals surface area contributed by atoms with E-state index in [0.717, 1.165) is 25.7 Å². The van der Waals surface area contributed by atoms with E-state index in [1.165, 1.54) is 11.1 Å². The summed E-state index contributed by atoms with van der Waals surface area (Å²) in [5.74, 6) is 1.38. The Morgan fingerprint density at radius 3 is 2.74 bits per heavy atom. The molecule has 0 aromatic heterocycles. The number of primary amides is 1. The van der Waals surface area contributed by atoms with Crippen LogP contribution in [0.5, 0.6) is 0 Å². The predicted octanol–water partition coefficient (Wildman–Crippen LogP) is 3.42. The average molecular weight is 315 g/mol. The van der Waals surface area contributed by atoms with Crippen molar-refractivity contribution in [2.24, 2.45) is 23.5 Å². The Morgan fingerprint density at radius 1 is 1.43 bits per heavy atom. The summed E-state index contributed by atoms with van der Waals surface area (Å²) in [7, 11) is 0. The molecule has 23 heavy (non-hydrogen) atoms. The van der Waals surface area contributed by atoms with Crippen molar-refractivity contribution in [3.05, 3.63) is 34.9 Å². The molecule has 1 saturated carbocycles. The summed E-state index contributed by atoms with van der Waals surface area (Å²) in [5, 5.41) is 10.3. The number of hydrogen-bond donors (Lipinski definition) is 2. The molecule has 1 aromatic rings. The van der Waals surface area contributed by atoms with E-state index in [1.807, 2.05) is 26.0 Å². The van der Waals surface area contributed by atoms with Gasteiger partial charge in [0.2, 0.25) is 5.91 Å². The fourth-order valence-electron chi connectivity index (χ4n) is 5.12. The number of rotatable bonds is 3. The van der Waals surface area contributed by atoms with Crippen LogP contribution in [0.3, 0.4) is 0 Å². The summed E-state index contributed by atoms with van der Waals surface area (Å²) < 4.78 is 0. The van der Waals surface area contributed by atoms with Gasteiger partial charge < -0.3 is 10.8 Å². The Bertz CT molecular complexity index is 631. The third-order valence-corrected chi connectivity index (χ3v) is 6.51. The summed E-state index contributed by atoms with van der Waals surface area (Å²) in [6.07, 6.45) is 4.18. The van der Waals surface area contributed by atoms with Gasteiger partial charge in [-0.25, -0.2) is 0 Å². The number of carbonyl (C=O) groups is 1. The summed E-state index contributed by atoms with van der Waals surface area (Å²) in [6.45, 7) is 8.53. The van der Waals surface area contributed by atoms with Gasteiger partial charge in [0.05, 0.1) is 5.60 Å². The quantitative estimate of drug-likeness (QED) is 0.897. The van der Waals surface area contributed by atoms with E-state index in [2.05, 4.69) is 19.9 Å². The molecule has 4 atom stereocenters. The third kappa shape index (κ3) is 2.80. The van der Waals surface area contributed by atoms with Gasteiger partial charge in [-0.3, -0.25) is 4.79 Å². The zero-order valence-electron chi connectivity index (χ0n) is 14.7.